The largest absolute Gasteiger partial charge is 0.455 e. The Bertz CT molecular complexity index is 638. The van der Waals surface area contributed by atoms with Crippen LogP contribution in [0.4, 0.5) is 10.5 Å². The van der Waals surface area contributed by atoms with Crippen LogP contribution in [0.3, 0.4) is 0 Å². The molecule has 0 unspecified atom stereocenters. The minimum atomic E-state index is -0.678. The van der Waals surface area contributed by atoms with Crippen molar-refractivity contribution in [1.82, 2.24) is 10.6 Å². The van der Waals surface area contributed by atoms with Crippen LogP contribution in [0.25, 0.3) is 0 Å². The van der Waals surface area contributed by atoms with Crippen LogP contribution in [-0.2, 0) is 25.5 Å². The van der Waals surface area contributed by atoms with E-state index in [1.807, 2.05) is 0 Å². The molecule has 1 saturated carbocycles. The van der Waals surface area contributed by atoms with Crippen LogP contribution in [0, 0.1) is 0 Å². The van der Waals surface area contributed by atoms with Crippen LogP contribution in [0.1, 0.15) is 25.3 Å². The molecule has 24 heavy (non-hydrogen) atoms. The smallest absolute Gasteiger partial charge is 0.321 e. The predicted molar refractivity (Wildman–Crippen MR) is 85.1 cm³/mol. The van der Waals surface area contributed by atoms with Crippen molar-refractivity contribution in [1.29, 1.82) is 0 Å². The summed E-state index contributed by atoms with van der Waals surface area (Å²) < 4.78 is 4.82. The number of ether oxygens (including phenoxy) is 1. The Kier molecular flexibility index (Phi) is 5.89. The first-order valence-electron chi connectivity index (χ1n) is 7.55. The van der Waals surface area contributed by atoms with Crippen LogP contribution in [0.2, 0.25) is 0 Å². The quantitative estimate of drug-likeness (QED) is 0.664. The Balaban J connectivity index is 1.69. The van der Waals surface area contributed by atoms with Gasteiger partial charge in [-0.2, -0.15) is 0 Å². The van der Waals surface area contributed by atoms with Crippen molar-refractivity contribution in [2.45, 2.75) is 32.2 Å². The summed E-state index contributed by atoms with van der Waals surface area (Å²) in [7, 11) is 0. The number of carbonyl (C=O) groups excluding carboxylic acids is 4. The van der Waals surface area contributed by atoms with Crippen molar-refractivity contribution in [3.8, 4) is 0 Å². The Morgan fingerprint density at radius 3 is 2.38 bits per heavy atom. The summed E-state index contributed by atoms with van der Waals surface area (Å²) in [5.41, 5.74) is 1.31. The number of benzene rings is 1. The van der Waals surface area contributed by atoms with Crippen molar-refractivity contribution >= 4 is 29.5 Å². The van der Waals surface area contributed by atoms with Crippen molar-refractivity contribution in [2.24, 2.45) is 0 Å². The molecule has 0 bridgehead atoms. The maximum absolute atomic E-state index is 11.7. The van der Waals surface area contributed by atoms with E-state index in [1.165, 1.54) is 6.92 Å². The summed E-state index contributed by atoms with van der Waals surface area (Å²) in [5.74, 6) is -1.44. The third-order valence-electron chi connectivity index (χ3n) is 3.15. The van der Waals surface area contributed by atoms with E-state index in [9.17, 15) is 19.2 Å². The van der Waals surface area contributed by atoms with E-state index in [-0.39, 0.29) is 18.4 Å². The van der Waals surface area contributed by atoms with Gasteiger partial charge in [-0.05, 0) is 30.5 Å². The molecule has 1 aliphatic rings. The lowest BCUT2D eigenvalue weighted by Crippen LogP contribution is -2.42. The molecule has 0 aliphatic heterocycles. The molecule has 1 fully saturated rings. The number of anilines is 1. The highest BCUT2D eigenvalue weighted by Gasteiger charge is 2.24. The van der Waals surface area contributed by atoms with Crippen LogP contribution in [0.15, 0.2) is 24.3 Å². The molecule has 1 aliphatic carbocycles. The van der Waals surface area contributed by atoms with Crippen LogP contribution < -0.4 is 16.0 Å². The van der Waals surface area contributed by atoms with Crippen LogP contribution in [-0.4, -0.2) is 36.5 Å². The fourth-order valence-corrected chi connectivity index (χ4v) is 1.88. The van der Waals surface area contributed by atoms with E-state index in [1.54, 1.807) is 24.3 Å². The molecule has 8 nitrogen and oxygen atoms in total. The van der Waals surface area contributed by atoms with Gasteiger partial charge in [-0.3, -0.25) is 19.7 Å². The summed E-state index contributed by atoms with van der Waals surface area (Å²) in [6, 6.07) is 6.25. The molecule has 0 spiro atoms. The first kappa shape index (κ1) is 17.5. The third-order valence-corrected chi connectivity index (χ3v) is 3.15. The van der Waals surface area contributed by atoms with Gasteiger partial charge >= 0.3 is 12.0 Å². The number of hydrogen-bond donors (Lipinski definition) is 3. The van der Waals surface area contributed by atoms with E-state index < -0.39 is 24.5 Å². The lowest BCUT2D eigenvalue weighted by Gasteiger charge is -2.07. The van der Waals surface area contributed by atoms with E-state index in [0.29, 0.717) is 11.3 Å². The summed E-state index contributed by atoms with van der Waals surface area (Å²) in [6.45, 7) is 0.891. The normalized spacial score (nSPS) is 12.9. The zero-order chi connectivity index (χ0) is 17.5. The first-order chi connectivity index (χ1) is 11.4. The van der Waals surface area contributed by atoms with Gasteiger partial charge in [0.05, 0.1) is 6.42 Å². The minimum Gasteiger partial charge on any atom is -0.455 e. The van der Waals surface area contributed by atoms with Gasteiger partial charge < -0.3 is 15.4 Å². The maximum atomic E-state index is 11.7. The highest BCUT2D eigenvalue weighted by Crippen LogP contribution is 2.18. The second-order valence-corrected chi connectivity index (χ2v) is 5.51. The molecule has 0 atom stereocenters. The zero-order valence-electron chi connectivity index (χ0n) is 13.3. The molecular weight excluding hydrogens is 314 g/mol. The standard InChI is InChI=1S/C16H19N3O5/c1-10(20)17-12-4-2-11(3-5-12)8-15(22)24-9-14(21)19-16(23)18-13-6-7-13/h2-5,13H,6-9H2,1H3,(H,17,20)(H2,18,19,21,23). The Morgan fingerprint density at radius 1 is 1.12 bits per heavy atom. The van der Waals surface area contributed by atoms with E-state index in [4.69, 9.17) is 4.74 Å². The van der Waals surface area contributed by atoms with Gasteiger partial charge in [-0.1, -0.05) is 12.1 Å². The van der Waals surface area contributed by atoms with Crippen molar-refractivity contribution in [2.75, 3.05) is 11.9 Å². The summed E-state index contributed by atoms with van der Waals surface area (Å²) in [4.78, 5) is 45.4. The predicted octanol–water partition coefficient (Wildman–Crippen LogP) is 0.719. The molecule has 128 valence electrons. The number of esters is 1. The van der Waals surface area contributed by atoms with Crippen molar-refractivity contribution in [3.63, 3.8) is 0 Å². The summed E-state index contributed by atoms with van der Waals surface area (Å²) in [5, 5.41) is 7.29. The van der Waals surface area contributed by atoms with E-state index in [2.05, 4.69) is 16.0 Å². The van der Waals surface area contributed by atoms with Gasteiger partial charge in [0.1, 0.15) is 0 Å². The topological polar surface area (TPSA) is 114 Å². The van der Waals surface area contributed by atoms with Crippen LogP contribution in [0.5, 0.6) is 0 Å². The van der Waals surface area contributed by atoms with Gasteiger partial charge in [-0.15, -0.1) is 0 Å². The molecule has 2 rings (SSSR count). The van der Waals surface area contributed by atoms with Gasteiger partial charge in [-0.25, -0.2) is 4.79 Å². The average Bonchev–Trinajstić information content (AvgIpc) is 3.30. The summed E-state index contributed by atoms with van der Waals surface area (Å²) in [6.07, 6.45) is 1.82. The van der Waals surface area contributed by atoms with Gasteiger partial charge in [0, 0.05) is 18.7 Å². The SMILES string of the molecule is CC(=O)Nc1ccc(CC(=O)OCC(=O)NC(=O)NC2CC2)cc1. The average molecular weight is 333 g/mol. The van der Waals surface area contributed by atoms with E-state index >= 15 is 0 Å². The molecule has 4 amide bonds. The first-order valence-corrected chi connectivity index (χ1v) is 7.55. The number of hydrogen-bond acceptors (Lipinski definition) is 5. The number of amides is 4. The second kappa shape index (κ2) is 8.09. The second-order valence-electron chi connectivity index (χ2n) is 5.51. The fourth-order valence-electron chi connectivity index (χ4n) is 1.88. The molecule has 1 aromatic rings. The highest BCUT2D eigenvalue weighted by molar-refractivity contribution is 5.95. The number of nitrogens with one attached hydrogen (secondary N) is 3. The Labute approximate surface area is 138 Å². The molecular formula is C16H19N3O5. The number of carbonyl (C=O) groups is 4. The van der Waals surface area contributed by atoms with Gasteiger partial charge in [0.2, 0.25) is 5.91 Å². The van der Waals surface area contributed by atoms with Gasteiger partial charge in [0.25, 0.3) is 5.91 Å². The maximum Gasteiger partial charge on any atom is 0.321 e. The lowest BCUT2D eigenvalue weighted by atomic mass is 10.1. The number of rotatable bonds is 6. The monoisotopic (exact) mass is 333 g/mol. The molecule has 0 saturated heterocycles. The molecule has 0 radical (unpaired) electrons. The van der Waals surface area contributed by atoms with Gasteiger partial charge in [0.15, 0.2) is 6.61 Å². The molecule has 8 heteroatoms. The summed E-state index contributed by atoms with van der Waals surface area (Å²) >= 11 is 0. The Morgan fingerprint density at radius 2 is 1.79 bits per heavy atom. The molecule has 0 heterocycles. The number of urea groups is 1. The minimum absolute atomic E-state index is 0.0120. The zero-order valence-corrected chi connectivity index (χ0v) is 13.3. The molecule has 3 N–H and O–H groups in total. The van der Waals surface area contributed by atoms with Crippen molar-refractivity contribution < 1.29 is 23.9 Å². The third kappa shape index (κ3) is 6.47. The number of imide groups is 1. The molecule has 1 aromatic carbocycles. The fraction of sp³-hybridized carbons (Fsp3) is 0.375. The molecule has 0 aromatic heterocycles. The van der Waals surface area contributed by atoms with Crippen molar-refractivity contribution in [3.05, 3.63) is 29.8 Å². The van der Waals surface area contributed by atoms with Crippen LogP contribution >= 0.6 is 0 Å². The highest BCUT2D eigenvalue weighted by atomic mass is 16.5. The van der Waals surface area contributed by atoms with E-state index in [0.717, 1.165) is 12.8 Å². The Hall–Kier alpha value is -2.90. The lowest BCUT2D eigenvalue weighted by molar-refractivity contribution is -0.147.